The third-order valence-electron chi connectivity index (χ3n) is 5.14. The van der Waals surface area contributed by atoms with Gasteiger partial charge in [0, 0.05) is 19.7 Å². The minimum Gasteiger partial charge on any atom is -0.376 e. The van der Waals surface area contributed by atoms with Crippen molar-refractivity contribution >= 4 is 16.9 Å². The first-order valence-electron chi connectivity index (χ1n) is 9.52. The van der Waals surface area contributed by atoms with Crippen molar-refractivity contribution in [1.82, 2.24) is 24.6 Å². The fourth-order valence-electron chi connectivity index (χ4n) is 3.67. The number of amides is 1. The summed E-state index contributed by atoms with van der Waals surface area (Å²) in [6.45, 7) is 6.64. The second-order valence-electron chi connectivity index (χ2n) is 6.99. The number of ether oxygens (including phenoxy) is 1. The Hall–Kier alpha value is -2.67. The normalized spacial score (nSPS) is 16.9. The predicted octanol–water partition coefficient (Wildman–Crippen LogP) is 2.76. The van der Waals surface area contributed by atoms with Crippen LogP contribution in [0.3, 0.4) is 0 Å². The molecule has 3 heterocycles. The Morgan fingerprint density at radius 2 is 2.26 bits per heavy atom. The number of para-hydroxylation sites is 2. The van der Waals surface area contributed by atoms with Crippen molar-refractivity contribution in [2.75, 3.05) is 19.7 Å². The number of carbonyl (C=O) groups excluding carboxylic acids is 1. The predicted molar refractivity (Wildman–Crippen MR) is 103 cm³/mol. The zero-order chi connectivity index (χ0) is 18.8. The number of likely N-dealkylation sites (N-methyl/N-ethyl adjacent to an activating group) is 1. The highest BCUT2D eigenvalue weighted by Crippen LogP contribution is 2.18. The van der Waals surface area contributed by atoms with E-state index < -0.39 is 0 Å². The van der Waals surface area contributed by atoms with Crippen molar-refractivity contribution in [2.24, 2.45) is 0 Å². The lowest BCUT2D eigenvalue weighted by Gasteiger charge is -2.23. The Morgan fingerprint density at radius 3 is 3.04 bits per heavy atom. The van der Waals surface area contributed by atoms with Crippen molar-refractivity contribution in [3.63, 3.8) is 0 Å². The summed E-state index contributed by atoms with van der Waals surface area (Å²) in [5, 5.41) is 7.27. The van der Waals surface area contributed by atoms with Crippen LogP contribution in [0.25, 0.3) is 11.0 Å². The van der Waals surface area contributed by atoms with Crippen LogP contribution in [0.1, 0.15) is 41.8 Å². The third kappa shape index (κ3) is 3.60. The van der Waals surface area contributed by atoms with Crippen LogP contribution in [0.5, 0.6) is 0 Å². The molecule has 2 aromatic heterocycles. The van der Waals surface area contributed by atoms with Crippen LogP contribution in [0.4, 0.5) is 0 Å². The largest absolute Gasteiger partial charge is 0.376 e. The third-order valence-corrected chi connectivity index (χ3v) is 5.14. The standard InChI is InChI=1S/C20H25N5O2/c1-3-24(13-16-7-6-10-27-16)20(26)18-11-15(22-23-18)12-25-14(2)21-17-8-4-5-9-19(17)25/h4-5,8-9,11,16H,3,6-7,10,12-13H2,1-2H3,(H,22,23)/t16-/m0/s1. The minimum absolute atomic E-state index is 0.0530. The quantitative estimate of drug-likeness (QED) is 0.727. The van der Waals surface area contributed by atoms with Gasteiger partial charge in [0.25, 0.3) is 5.91 Å². The molecule has 0 saturated carbocycles. The first-order chi connectivity index (χ1) is 13.2. The summed E-state index contributed by atoms with van der Waals surface area (Å²) in [5.41, 5.74) is 3.38. The van der Waals surface area contributed by atoms with Gasteiger partial charge < -0.3 is 14.2 Å². The van der Waals surface area contributed by atoms with E-state index in [9.17, 15) is 4.79 Å². The van der Waals surface area contributed by atoms with E-state index in [0.717, 1.165) is 42.0 Å². The van der Waals surface area contributed by atoms with Gasteiger partial charge in [-0.3, -0.25) is 9.89 Å². The van der Waals surface area contributed by atoms with Crippen molar-refractivity contribution in [1.29, 1.82) is 0 Å². The van der Waals surface area contributed by atoms with Crippen molar-refractivity contribution < 1.29 is 9.53 Å². The second-order valence-corrected chi connectivity index (χ2v) is 6.99. The molecular formula is C20H25N5O2. The van der Waals surface area contributed by atoms with Gasteiger partial charge in [-0.25, -0.2) is 4.98 Å². The Bertz CT molecular complexity index is 939. The monoisotopic (exact) mass is 367 g/mol. The van der Waals surface area contributed by atoms with Crippen molar-refractivity contribution in [3.05, 3.63) is 47.5 Å². The maximum absolute atomic E-state index is 12.8. The molecule has 1 N–H and O–H groups in total. The molecule has 1 saturated heterocycles. The summed E-state index contributed by atoms with van der Waals surface area (Å²) in [6.07, 6.45) is 2.23. The number of aryl methyl sites for hydroxylation is 1. The molecule has 4 rings (SSSR count). The first kappa shape index (κ1) is 17.7. The summed E-state index contributed by atoms with van der Waals surface area (Å²) < 4.78 is 7.79. The number of aromatic amines is 1. The highest BCUT2D eigenvalue weighted by molar-refractivity contribution is 5.92. The number of aromatic nitrogens is 4. The van der Waals surface area contributed by atoms with Crippen LogP contribution < -0.4 is 0 Å². The molecule has 7 heteroatoms. The number of H-pyrrole nitrogens is 1. The lowest BCUT2D eigenvalue weighted by atomic mass is 10.2. The van der Waals surface area contributed by atoms with Crippen molar-refractivity contribution in [3.8, 4) is 0 Å². The van der Waals surface area contributed by atoms with Crippen molar-refractivity contribution in [2.45, 2.75) is 39.3 Å². The van der Waals surface area contributed by atoms with Gasteiger partial charge in [0.2, 0.25) is 0 Å². The minimum atomic E-state index is -0.0530. The van der Waals surface area contributed by atoms with Gasteiger partial charge >= 0.3 is 0 Å². The second kappa shape index (κ2) is 7.52. The Morgan fingerprint density at radius 1 is 1.41 bits per heavy atom. The van der Waals surface area contributed by atoms with E-state index in [-0.39, 0.29) is 12.0 Å². The number of rotatable bonds is 6. The average Bonchev–Trinajstić information content (AvgIpc) is 3.41. The molecule has 0 spiro atoms. The number of hydrogen-bond donors (Lipinski definition) is 1. The molecule has 0 unspecified atom stereocenters. The molecule has 1 aliphatic rings. The highest BCUT2D eigenvalue weighted by Gasteiger charge is 2.24. The Kier molecular flexibility index (Phi) is 4.94. The topological polar surface area (TPSA) is 76.0 Å². The van der Waals surface area contributed by atoms with E-state index in [1.165, 1.54) is 0 Å². The number of nitrogens with one attached hydrogen (secondary N) is 1. The molecule has 0 bridgehead atoms. The van der Waals surface area contributed by atoms with Gasteiger partial charge in [0.1, 0.15) is 11.5 Å². The zero-order valence-electron chi connectivity index (χ0n) is 15.8. The van der Waals surface area contributed by atoms with E-state index in [4.69, 9.17) is 4.74 Å². The summed E-state index contributed by atoms with van der Waals surface area (Å²) in [7, 11) is 0. The lowest BCUT2D eigenvalue weighted by Crippen LogP contribution is -2.37. The molecule has 1 atom stereocenters. The Balaban J connectivity index is 1.50. The number of hydrogen-bond acceptors (Lipinski definition) is 4. The smallest absolute Gasteiger partial charge is 0.274 e. The summed E-state index contributed by atoms with van der Waals surface area (Å²) in [4.78, 5) is 19.2. The summed E-state index contributed by atoms with van der Waals surface area (Å²) in [6, 6.07) is 9.89. The van der Waals surface area contributed by atoms with Gasteiger partial charge in [-0.15, -0.1) is 0 Å². The molecule has 1 aliphatic heterocycles. The Labute approximate surface area is 158 Å². The maximum Gasteiger partial charge on any atom is 0.274 e. The van der Waals surface area contributed by atoms with E-state index in [0.29, 0.717) is 25.3 Å². The van der Waals surface area contributed by atoms with E-state index >= 15 is 0 Å². The molecule has 0 aliphatic carbocycles. The van der Waals surface area contributed by atoms with Gasteiger partial charge in [-0.05, 0) is 44.9 Å². The molecule has 1 aromatic carbocycles. The fourth-order valence-corrected chi connectivity index (χ4v) is 3.67. The zero-order valence-corrected chi connectivity index (χ0v) is 15.8. The highest BCUT2D eigenvalue weighted by atomic mass is 16.5. The van der Waals surface area contributed by atoms with E-state index in [1.54, 1.807) is 0 Å². The van der Waals surface area contributed by atoms with Crippen LogP contribution in [0.15, 0.2) is 30.3 Å². The molecule has 27 heavy (non-hydrogen) atoms. The van der Waals surface area contributed by atoms with E-state index in [1.807, 2.05) is 43.0 Å². The van der Waals surface area contributed by atoms with Gasteiger partial charge in [0.05, 0.1) is 29.4 Å². The molecule has 3 aromatic rings. The average molecular weight is 367 g/mol. The summed E-state index contributed by atoms with van der Waals surface area (Å²) >= 11 is 0. The summed E-state index contributed by atoms with van der Waals surface area (Å²) in [5.74, 6) is 0.884. The van der Waals surface area contributed by atoms with Gasteiger partial charge in [-0.2, -0.15) is 5.10 Å². The number of carbonyl (C=O) groups is 1. The fraction of sp³-hybridized carbons (Fsp3) is 0.450. The molecule has 7 nitrogen and oxygen atoms in total. The van der Waals surface area contributed by atoms with Crippen LogP contribution >= 0.6 is 0 Å². The van der Waals surface area contributed by atoms with Crippen LogP contribution in [0.2, 0.25) is 0 Å². The number of imidazole rings is 1. The molecular weight excluding hydrogens is 342 g/mol. The SMILES string of the molecule is CCN(C[C@@H]1CCCO1)C(=O)c1cc(Cn2c(C)nc3ccccc32)[nH]n1. The molecule has 1 fully saturated rings. The maximum atomic E-state index is 12.8. The van der Waals surface area contributed by atoms with Gasteiger partial charge in [-0.1, -0.05) is 12.1 Å². The molecule has 0 radical (unpaired) electrons. The van der Waals surface area contributed by atoms with Gasteiger partial charge in [0.15, 0.2) is 0 Å². The molecule has 142 valence electrons. The number of nitrogens with zero attached hydrogens (tertiary/aromatic N) is 4. The van der Waals surface area contributed by atoms with Crippen LogP contribution in [-0.2, 0) is 11.3 Å². The molecule has 1 amide bonds. The number of benzene rings is 1. The van der Waals surface area contributed by atoms with Crippen LogP contribution in [0, 0.1) is 6.92 Å². The first-order valence-corrected chi connectivity index (χ1v) is 9.52. The lowest BCUT2D eigenvalue weighted by molar-refractivity contribution is 0.0535. The van der Waals surface area contributed by atoms with Crippen LogP contribution in [-0.4, -0.2) is 56.4 Å². The number of fused-ring (bicyclic) bond motifs is 1. The van der Waals surface area contributed by atoms with E-state index in [2.05, 4.69) is 25.8 Å².